The van der Waals surface area contributed by atoms with E-state index in [1.54, 1.807) is 4.72 Å². The molecule has 154 valence electrons. The van der Waals surface area contributed by atoms with E-state index in [9.17, 15) is 39.2 Å². The number of rotatable bonds is 5. The molecule has 0 fully saturated rings. The molecular formula is C16H13F7N2O2S. The van der Waals surface area contributed by atoms with Crippen LogP contribution >= 0.6 is 0 Å². The van der Waals surface area contributed by atoms with Gasteiger partial charge in [-0.3, -0.25) is 4.98 Å². The van der Waals surface area contributed by atoms with Gasteiger partial charge >= 0.3 is 12.4 Å². The third-order valence-electron chi connectivity index (χ3n) is 3.68. The van der Waals surface area contributed by atoms with Gasteiger partial charge in [-0.2, -0.15) is 26.3 Å². The standard InChI is InChI=1S/C16H13F7N2O2S/c1-9-4-10(2-3-13(9)16(21,22)23)14(6-15(18,19)20)25-28(26,27)12-5-11(17)7-24-8-12/h2-5,7-8,14,25H,6H2,1H3/t14-/m0/s1. The van der Waals surface area contributed by atoms with Gasteiger partial charge in [-0.25, -0.2) is 17.5 Å². The molecule has 12 heteroatoms. The van der Waals surface area contributed by atoms with E-state index >= 15 is 0 Å². The van der Waals surface area contributed by atoms with Crippen LogP contribution in [0.15, 0.2) is 41.6 Å². The Bertz CT molecular complexity index is 956. The van der Waals surface area contributed by atoms with Gasteiger partial charge in [0.1, 0.15) is 10.7 Å². The molecule has 0 aliphatic heterocycles. The molecule has 28 heavy (non-hydrogen) atoms. The van der Waals surface area contributed by atoms with Crippen LogP contribution in [0.4, 0.5) is 30.7 Å². The summed E-state index contributed by atoms with van der Waals surface area (Å²) in [7, 11) is -4.63. The van der Waals surface area contributed by atoms with Crippen molar-refractivity contribution in [2.75, 3.05) is 0 Å². The number of nitrogens with one attached hydrogen (secondary N) is 1. The van der Waals surface area contributed by atoms with Crippen LogP contribution < -0.4 is 4.72 Å². The van der Waals surface area contributed by atoms with Gasteiger partial charge in [0.05, 0.1) is 24.2 Å². The van der Waals surface area contributed by atoms with Crippen molar-refractivity contribution in [3.05, 3.63) is 59.2 Å². The summed E-state index contributed by atoms with van der Waals surface area (Å²) in [4.78, 5) is 2.60. The summed E-state index contributed by atoms with van der Waals surface area (Å²) in [6.45, 7) is 1.04. The van der Waals surface area contributed by atoms with Crippen LogP contribution in [0.2, 0.25) is 0 Å². The largest absolute Gasteiger partial charge is 0.416 e. The maximum absolute atomic E-state index is 13.2. The summed E-state index contributed by atoms with van der Waals surface area (Å²) in [6.07, 6.45) is -9.79. The van der Waals surface area contributed by atoms with Crippen molar-refractivity contribution in [3.63, 3.8) is 0 Å². The Morgan fingerprint density at radius 1 is 1.07 bits per heavy atom. The lowest BCUT2D eigenvalue weighted by Crippen LogP contribution is -2.32. The van der Waals surface area contributed by atoms with Crippen molar-refractivity contribution in [3.8, 4) is 0 Å². The molecule has 0 saturated carbocycles. The van der Waals surface area contributed by atoms with Crippen molar-refractivity contribution in [2.45, 2.75) is 36.6 Å². The minimum Gasteiger partial charge on any atom is -0.260 e. The molecule has 0 saturated heterocycles. The molecule has 0 aliphatic carbocycles. The van der Waals surface area contributed by atoms with E-state index in [0.717, 1.165) is 25.3 Å². The number of sulfonamides is 1. The molecule has 0 amide bonds. The number of nitrogens with zero attached hydrogens (tertiary/aromatic N) is 1. The Hall–Kier alpha value is -2.21. The first-order valence-electron chi connectivity index (χ1n) is 7.56. The van der Waals surface area contributed by atoms with Gasteiger partial charge < -0.3 is 0 Å². The highest BCUT2D eigenvalue weighted by Gasteiger charge is 2.37. The summed E-state index contributed by atoms with van der Waals surface area (Å²) < 4.78 is 117. The minimum absolute atomic E-state index is 0.323. The highest BCUT2D eigenvalue weighted by atomic mass is 32.2. The van der Waals surface area contributed by atoms with Gasteiger partial charge in [0.2, 0.25) is 10.0 Å². The number of hydrogen-bond acceptors (Lipinski definition) is 3. The second-order valence-corrected chi connectivity index (χ2v) is 7.62. The lowest BCUT2D eigenvalue weighted by Gasteiger charge is -2.22. The van der Waals surface area contributed by atoms with Crippen LogP contribution in [0.5, 0.6) is 0 Å². The van der Waals surface area contributed by atoms with Gasteiger partial charge in [-0.15, -0.1) is 0 Å². The molecule has 1 aromatic heterocycles. The number of alkyl halides is 6. The maximum Gasteiger partial charge on any atom is 0.416 e. The van der Waals surface area contributed by atoms with Crippen molar-refractivity contribution in [1.29, 1.82) is 0 Å². The highest BCUT2D eigenvalue weighted by molar-refractivity contribution is 7.89. The second-order valence-electron chi connectivity index (χ2n) is 5.90. The maximum atomic E-state index is 13.2. The molecule has 4 nitrogen and oxygen atoms in total. The van der Waals surface area contributed by atoms with Crippen LogP contribution in [0.3, 0.4) is 0 Å². The third kappa shape index (κ3) is 5.64. The van der Waals surface area contributed by atoms with Gasteiger partial charge in [-0.05, 0) is 30.2 Å². The van der Waals surface area contributed by atoms with E-state index < -0.39 is 51.1 Å². The summed E-state index contributed by atoms with van der Waals surface area (Å²) in [5.41, 5.74) is -1.75. The second kappa shape index (κ2) is 7.66. The quantitative estimate of drug-likeness (QED) is 0.710. The molecule has 0 bridgehead atoms. The summed E-state index contributed by atoms with van der Waals surface area (Å²) >= 11 is 0. The van der Waals surface area contributed by atoms with Gasteiger partial charge in [-0.1, -0.05) is 12.1 Å². The zero-order valence-corrected chi connectivity index (χ0v) is 14.9. The van der Waals surface area contributed by atoms with E-state index in [0.29, 0.717) is 18.3 Å². The molecule has 0 spiro atoms. The van der Waals surface area contributed by atoms with Crippen LogP contribution in [0, 0.1) is 12.7 Å². The van der Waals surface area contributed by atoms with Crippen molar-refractivity contribution in [1.82, 2.24) is 9.71 Å². The first-order chi connectivity index (χ1) is 12.7. The smallest absolute Gasteiger partial charge is 0.260 e. The predicted molar refractivity (Wildman–Crippen MR) is 84.1 cm³/mol. The molecule has 1 N–H and O–H groups in total. The van der Waals surface area contributed by atoms with Gasteiger partial charge in [0.15, 0.2) is 0 Å². The summed E-state index contributed by atoms with van der Waals surface area (Å²) in [6, 6.07) is 0.794. The molecule has 0 radical (unpaired) electrons. The summed E-state index contributed by atoms with van der Waals surface area (Å²) in [5, 5.41) is 0. The number of hydrogen-bond donors (Lipinski definition) is 1. The lowest BCUT2D eigenvalue weighted by atomic mass is 9.98. The predicted octanol–water partition coefficient (Wildman–Crippen LogP) is 4.52. The number of benzene rings is 1. The van der Waals surface area contributed by atoms with E-state index in [1.807, 2.05) is 0 Å². The fourth-order valence-electron chi connectivity index (χ4n) is 2.48. The molecule has 1 atom stereocenters. The van der Waals surface area contributed by atoms with E-state index in [-0.39, 0.29) is 11.1 Å². The molecule has 1 aromatic carbocycles. The molecule has 2 rings (SSSR count). The Kier molecular flexibility index (Phi) is 6.04. The van der Waals surface area contributed by atoms with E-state index in [4.69, 9.17) is 0 Å². The van der Waals surface area contributed by atoms with Crippen LogP contribution in [-0.2, 0) is 16.2 Å². The van der Waals surface area contributed by atoms with Crippen LogP contribution in [-0.4, -0.2) is 19.6 Å². The molecular weight excluding hydrogens is 417 g/mol. The Morgan fingerprint density at radius 3 is 2.21 bits per heavy atom. The fourth-order valence-corrected chi connectivity index (χ4v) is 3.67. The SMILES string of the molecule is Cc1cc([C@H](CC(F)(F)F)NS(=O)(=O)c2cncc(F)c2)ccc1C(F)(F)F. The minimum atomic E-state index is -4.83. The number of aromatic nitrogens is 1. The summed E-state index contributed by atoms with van der Waals surface area (Å²) in [5.74, 6) is -1.03. The van der Waals surface area contributed by atoms with Crippen LogP contribution in [0.1, 0.15) is 29.2 Å². The third-order valence-corrected chi connectivity index (χ3v) is 5.12. The first-order valence-corrected chi connectivity index (χ1v) is 9.05. The highest BCUT2D eigenvalue weighted by Crippen LogP contribution is 2.35. The van der Waals surface area contributed by atoms with Crippen molar-refractivity contribution in [2.24, 2.45) is 0 Å². The molecule has 0 unspecified atom stereocenters. The lowest BCUT2D eigenvalue weighted by molar-refractivity contribution is -0.140. The molecule has 0 aliphatic rings. The molecule has 1 heterocycles. The normalized spacial score (nSPS) is 14.1. The zero-order valence-electron chi connectivity index (χ0n) is 14.1. The Balaban J connectivity index is 2.45. The Morgan fingerprint density at radius 2 is 1.71 bits per heavy atom. The number of halogens is 7. The molecule has 2 aromatic rings. The topological polar surface area (TPSA) is 59.1 Å². The Labute approximate surface area is 155 Å². The number of aryl methyl sites for hydroxylation is 1. The fraction of sp³-hybridized carbons (Fsp3) is 0.312. The van der Waals surface area contributed by atoms with Crippen LogP contribution in [0.25, 0.3) is 0 Å². The first kappa shape index (κ1) is 22.1. The van der Waals surface area contributed by atoms with Gasteiger partial charge in [0, 0.05) is 6.20 Å². The monoisotopic (exact) mass is 430 g/mol. The average Bonchev–Trinajstić information content (AvgIpc) is 2.51. The van der Waals surface area contributed by atoms with Crippen molar-refractivity contribution >= 4 is 10.0 Å². The van der Waals surface area contributed by atoms with Gasteiger partial charge in [0.25, 0.3) is 0 Å². The average molecular weight is 430 g/mol. The van der Waals surface area contributed by atoms with Crippen molar-refractivity contribution < 1.29 is 39.2 Å². The zero-order chi connectivity index (χ0) is 21.3. The number of pyridine rings is 1. The van der Waals surface area contributed by atoms with E-state index in [2.05, 4.69) is 4.98 Å². The van der Waals surface area contributed by atoms with E-state index in [1.165, 1.54) is 0 Å².